The minimum atomic E-state index is -3.30. The first kappa shape index (κ1) is 19.7. The summed E-state index contributed by atoms with van der Waals surface area (Å²) in [6.07, 6.45) is 3.93. The van der Waals surface area contributed by atoms with Gasteiger partial charge in [0, 0.05) is 17.1 Å². The highest BCUT2D eigenvalue weighted by atomic mass is 32.2. The van der Waals surface area contributed by atoms with Crippen LogP contribution in [0.15, 0.2) is 77.3 Å². The Balaban J connectivity index is 1.35. The van der Waals surface area contributed by atoms with Crippen LogP contribution in [0.4, 0.5) is 0 Å². The molecule has 9 heteroatoms. The van der Waals surface area contributed by atoms with Crippen molar-refractivity contribution in [3.8, 4) is 16.3 Å². The summed E-state index contributed by atoms with van der Waals surface area (Å²) in [7, 11) is -3.30. The van der Waals surface area contributed by atoms with Gasteiger partial charge in [-0.05, 0) is 30.2 Å². The van der Waals surface area contributed by atoms with Crippen molar-refractivity contribution < 1.29 is 13.2 Å². The van der Waals surface area contributed by atoms with Crippen LogP contribution in [0.2, 0.25) is 0 Å². The molecule has 0 fully saturated rings. The van der Waals surface area contributed by atoms with Gasteiger partial charge < -0.3 is 5.32 Å². The zero-order valence-corrected chi connectivity index (χ0v) is 17.9. The van der Waals surface area contributed by atoms with Crippen LogP contribution in [0, 0.1) is 0 Å². The highest BCUT2D eigenvalue weighted by molar-refractivity contribution is 7.91. The molecular formula is C22H18N4O3S2. The summed E-state index contributed by atoms with van der Waals surface area (Å²) in [5.41, 5.74) is 2.69. The zero-order valence-electron chi connectivity index (χ0n) is 16.3. The molecule has 5 rings (SSSR count). The van der Waals surface area contributed by atoms with Gasteiger partial charge in [0.25, 0.3) is 5.91 Å². The Labute approximate surface area is 183 Å². The van der Waals surface area contributed by atoms with Gasteiger partial charge in [0.1, 0.15) is 10.7 Å². The Bertz CT molecular complexity index is 1360. The fraction of sp³-hybridized carbons (Fsp3) is 0.136. The largest absolute Gasteiger partial charge is 0.344 e. The van der Waals surface area contributed by atoms with Crippen molar-refractivity contribution in [3.05, 3.63) is 83.6 Å². The lowest BCUT2D eigenvalue weighted by molar-refractivity contribution is 0.0930. The lowest BCUT2D eigenvalue weighted by Gasteiger charge is -2.25. The first-order valence-electron chi connectivity index (χ1n) is 9.70. The summed E-state index contributed by atoms with van der Waals surface area (Å²) in [4.78, 5) is 17.6. The highest BCUT2D eigenvalue weighted by Gasteiger charge is 2.31. The van der Waals surface area contributed by atoms with Crippen LogP contribution >= 0.6 is 11.3 Å². The molecule has 1 aliphatic heterocycles. The molecule has 1 N–H and O–H groups in total. The van der Waals surface area contributed by atoms with Gasteiger partial charge in [0.15, 0.2) is 9.84 Å². The minimum absolute atomic E-state index is 0.00987. The van der Waals surface area contributed by atoms with E-state index in [4.69, 9.17) is 0 Å². The van der Waals surface area contributed by atoms with E-state index in [-0.39, 0.29) is 17.7 Å². The Kier molecular flexibility index (Phi) is 4.91. The number of carbonyl (C=O) groups is 1. The molecule has 1 amide bonds. The molecule has 0 saturated heterocycles. The van der Waals surface area contributed by atoms with Gasteiger partial charge in [-0.15, -0.1) is 11.3 Å². The summed E-state index contributed by atoms with van der Waals surface area (Å²) < 4.78 is 26.4. The molecule has 156 valence electrons. The summed E-state index contributed by atoms with van der Waals surface area (Å²) >= 11 is 1.37. The van der Waals surface area contributed by atoms with Crippen LogP contribution < -0.4 is 5.32 Å². The fourth-order valence-corrected chi connectivity index (χ4v) is 6.03. The monoisotopic (exact) mass is 450 g/mol. The van der Waals surface area contributed by atoms with Gasteiger partial charge in [0.2, 0.25) is 0 Å². The number of aromatic nitrogens is 3. The van der Waals surface area contributed by atoms with Crippen molar-refractivity contribution in [1.82, 2.24) is 20.1 Å². The Morgan fingerprint density at radius 1 is 1.10 bits per heavy atom. The highest BCUT2D eigenvalue weighted by Crippen LogP contribution is 2.32. The van der Waals surface area contributed by atoms with E-state index in [2.05, 4.69) is 15.4 Å². The van der Waals surface area contributed by atoms with Gasteiger partial charge in [-0.2, -0.15) is 5.10 Å². The van der Waals surface area contributed by atoms with Gasteiger partial charge in [-0.25, -0.2) is 18.1 Å². The number of fused-ring (bicyclic) bond motifs is 1. The molecule has 2 aromatic heterocycles. The molecule has 0 aliphatic carbocycles. The van der Waals surface area contributed by atoms with Crippen LogP contribution in [-0.2, 0) is 9.84 Å². The SMILES string of the molecule is O=C(NC1CCS(=O)(=O)c2ccccc21)c1csc(-c2cnn(-c3ccccc3)c2)n1. The van der Waals surface area contributed by atoms with E-state index in [0.717, 1.165) is 11.3 Å². The summed E-state index contributed by atoms with van der Waals surface area (Å²) in [5, 5.41) is 9.72. The number of rotatable bonds is 4. The molecule has 0 radical (unpaired) electrons. The molecular weight excluding hydrogens is 432 g/mol. The smallest absolute Gasteiger partial charge is 0.271 e. The van der Waals surface area contributed by atoms with E-state index in [1.165, 1.54) is 11.3 Å². The Morgan fingerprint density at radius 2 is 1.87 bits per heavy atom. The standard InChI is InChI=1S/C22H18N4O3S2/c27-21(24-18-10-11-31(28,29)20-9-5-4-8-17(18)20)19-14-30-22(25-19)15-12-23-26(13-15)16-6-2-1-3-7-16/h1-9,12-14,18H,10-11H2,(H,24,27). The fourth-order valence-electron chi connectivity index (χ4n) is 3.64. The maximum absolute atomic E-state index is 12.8. The van der Waals surface area contributed by atoms with Crippen LogP contribution in [0.3, 0.4) is 0 Å². The number of amides is 1. The van der Waals surface area contributed by atoms with Crippen molar-refractivity contribution in [1.29, 1.82) is 0 Å². The molecule has 1 atom stereocenters. The van der Waals surface area contributed by atoms with E-state index in [1.807, 2.05) is 36.5 Å². The zero-order chi connectivity index (χ0) is 21.4. The number of benzene rings is 2. The summed E-state index contributed by atoms with van der Waals surface area (Å²) in [6.45, 7) is 0. The number of sulfone groups is 1. The number of nitrogens with one attached hydrogen (secondary N) is 1. The average molecular weight is 451 g/mol. The van der Waals surface area contributed by atoms with Gasteiger partial charge >= 0.3 is 0 Å². The third kappa shape index (κ3) is 3.77. The second kappa shape index (κ2) is 7.75. The molecule has 4 aromatic rings. The normalized spacial score (nSPS) is 17.1. The number of carbonyl (C=O) groups excluding carboxylic acids is 1. The number of hydrogen-bond acceptors (Lipinski definition) is 6. The van der Waals surface area contributed by atoms with Crippen LogP contribution in [-0.4, -0.2) is 34.8 Å². The number of thiazole rings is 1. The Morgan fingerprint density at radius 3 is 2.71 bits per heavy atom. The maximum atomic E-state index is 12.8. The quantitative estimate of drug-likeness (QED) is 0.512. The van der Waals surface area contributed by atoms with Gasteiger partial charge in [0.05, 0.1) is 28.6 Å². The van der Waals surface area contributed by atoms with E-state index in [0.29, 0.717) is 27.6 Å². The molecule has 31 heavy (non-hydrogen) atoms. The van der Waals surface area contributed by atoms with E-state index in [1.54, 1.807) is 40.5 Å². The minimum Gasteiger partial charge on any atom is -0.344 e. The van der Waals surface area contributed by atoms with Gasteiger partial charge in [-0.3, -0.25) is 4.79 Å². The van der Waals surface area contributed by atoms with Crippen LogP contribution in [0.25, 0.3) is 16.3 Å². The first-order chi connectivity index (χ1) is 15.0. The molecule has 3 heterocycles. The number of hydrogen-bond donors (Lipinski definition) is 1. The predicted molar refractivity (Wildman–Crippen MR) is 118 cm³/mol. The second-order valence-electron chi connectivity index (χ2n) is 7.22. The molecule has 1 unspecified atom stereocenters. The van der Waals surface area contributed by atoms with Crippen molar-refractivity contribution in [2.45, 2.75) is 17.4 Å². The van der Waals surface area contributed by atoms with E-state index in [9.17, 15) is 13.2 Å². The average Bonchev–Trinajstić information content (AvgIpc) is 3.46. The molecule has 1 aliphatic rings. The topological polar surface area (TPSA) is 94.0 Å². The number of nitrogens with zero attached hydrogens (tertiary/aromatic N) is 3. The molecule has 0 bridgehead atoms. The maximum Gasteiger partial charge on any atom is 0.271 e. The van der Waals surface area contributed by atoms with Crippen molar-refractivity contribution in [2.24, 2.45) is 0 Å². The van der Waals surface area contributed by atoms with Crippen LogP contribution in [0.5, 0.6) is 0 Å². The lowest BCUT2D eigenvalue weighted by Crippen LogP contribution is -2.34. The Hall–Kier alpha value is -3.30. The molecule has 7 nitrogen and oxygen atoms in total. The summed E-state index contributed by atoms with van der Waals surface area (Å²) in [5.74, 6) is -0.312. The summed E-state index contributed by atoms with van der Waals surface area (Å²) in [6, 6.07) is 16.2. The molecule has 0 spiro atoms. The van der Waals surface area contributed by atoms with Gasteiger partial charge in [-0.1, -0.05) is 36.4 Å². The van der Waals surface area contributed by atoms with E-state index >= 15 is 0 Å². The lowest BCUT2D eigenvalue weighted by atomic mass is 10.0. The van der Waals surface area contributed by atoms with Crippen molar-refractivity contribution >= 4 is 27.1 Å². The van der Waals surface area contributed by atoms with Crippen molar-refractivity contribution in [3.63, 3.8) is 0 Å². The third-order valence-electron chi connectivity index (χ3n) is 5.20. The van der Waals surface area contributed by atoms with Crippen molar-refractivity contribution in [2.75, 3.05) is 5.75 Å². The predicted octanol–water partition coefficient (Wildman–Crippen LogP) is 3.64. The molecule has 2 aromatic carbocycles. The number of para-hydroxylation sites is 1. The van der Waals surface area contributed by atoms with E-state index < -0.39 is 9.84 Å². The van der Waals surface area contributed by atoms with Crippen LogP contribution in [0.1, 0.15) is 28.5 Å². The second-order valence-corrected chi connectivity index (χ2v) is 10.2. The molecule has 0 saturated carbocycles. The first-order valence-corrected chi connectivity index (χ1v) is 12.2. The third-order valence-corrected chi connectivity index (χ3v) is 7.90.